The predicted octanol–water partition coefficient (Wildman–Crippen LogP) is 7.12. The smallest absolute Gasteiger partial charge is 0.222 e. The molecule has 2 aliphatic carbocycles. The highest BCUT2D eigenvalue weighted by Gasteiger charge is 2.35. The third kappa shape index (κ3) is 8.65. The second-order valence-corrected chi connectivity index (χ2v) is 11.3. The molecular weight excluding hydrogens is 532 g/mol. The first kappa shape index (κ1) is 34.5. The Balaban J connectivity index is 0.00000196. The molecule has 0 unspecified atom stereocenters. The van der Waals surface area contributed by atoms with Gasteiger partial charge in [-0.05, 0) is 81.2 Å². The van der Waals surface area contributed by atoms with Crippen LogP contribution in [0.1, 0.15) is 91.0 Å². The first-order chi connectivity index (χ1) is 18.5. The van der Waals surface area contributed by atoms with Crippen LogP contribution in [0.3, 0.4) is 0 Å². The molecular formula is C33H52N4O3S. The van der Waals surface area contributed by atoms with Crippen molar-refractivity contribution in [3.63, 3.8) is 0 Å². The number of carbonyl (C=O) groups excluding carboxylic acids is 1. The van der Waals surface area contributed by atoms with Crippen LogP contribution in [0.25, 0.3) is 0 Å². The number of aliphatic hydroxyl groups is 1. The maximum atomic E-state index is 13.3. The van der Waals surface area contributed by atoms with E-state index in [0.717, 1.165) is 67.7 Å². The minimum atomic E-state index is -0.225. The van der Waals surface area contributed by atoms with Gasteiger partial charge in [-0.15, -0.1) is 0 Å². The summed E-state index contributed by atoms with van der Waals surface area (Å²) in [7, 11) is 1.98. The molecule has 7 nitrogen and oxygen atoms in total. The number of aliphatic hydroxyl groups excluding tert-OH is 1. The zero-order chi connectivity index (χ0) is 26.5. The van der Waals surface area contributed by atoms with Crippen molar-refractivity contribution in [1.29, 1.82) is 0 Å². The minimum absolute atomic E-state index is 0. The number of amides is 1. The maximum Gasteiger partial charge on any atom is 0.222 e. The van der Waals surface area contributed by atoms with E-state index in [0.29, 0.717) is 30.9 Å². The monoisotopic (exact) mass is 584 g/mol. The average molecular weight is 585 g/mol. The fourth-order valence-electron chi connectivity index (χ4n) is 6.48. The number of fused-ring (bicyclic) bond motifs is 1. The van der Waals surface area contributed by atoms with Gasteiger partial charge in [0.25, 0.3) is 0 Å². The lowest BCUT2D eigenvalue weighted by atomic mass is 9.80. The normalized spacial score (nSPS) is 21.1. The molecule has 2 fully saturated rings. The van der Waals surface area contributed by atoms with E-state index in [9.17, 15) is 9.90 Å². The number of guanidine groups is 1. The first-order valence-electron chi connectivity index (χ1n) is 14.4. The van der Waals surface area contributed by atoms with Crippen molar-refractivity contribution >= 4 is 31.0 Å². The zero-order valence-corrected chi connectivity index (χ0v) is 24.1. The lowest BCUT2D eigenvalue weighted by Crippen LogP contribution is -2.50. The zero-order valence-electron chi connectivity index (χ0n) is 23.1. The average Bonchev–Trinajstić information content (AvgIpc) is 2.95. The Hall–Kier alpha value is -2.71. The summed E-state index contributed by atoms with van der Waals surface area (Å²) in [5, 5.41) is 10.2. The molecule has 1 atom stereocenters. The van der Waals surface area contributed by atoms with Crippen molar-refractivity contribution < 1.29 is 14.6 Å². The van der Waals surface area contributed by atoms with Gasteiger partial charge in [-0.1, -0.05) is 52.3 Å². The van der Waals surface area contributed by atoms with Crippen LogP contribution >= 0.6 is 13.5 Å². The SMILES string of the molecule is C.C.CN(C(=O)CC[C@@H](C1CCC(O)CC1)N1Cc2cc(Oc3ccccc3)ccc2N=C1N)C1CCCCC1.S. The van der Waals surface area contributed by atoms with Crippen LogP contribution in [-0.2, 0) is 11.3 Å². The topological polar surface area (TPSA) is 91.4 Å². The number of ether oxygens (including phenoxy) is 1. The third-order valence-electron chi connectivity index (χ3n) is 8.76. The van der Waals surface area contributed by atoms with Crippen molar-refractivity contribution in [2.45, 2.75) is 110 Å². The van der Waals surface area contributed by atoms with Gasteiger partial charge in [-0.25, -0.2) is 4.99 Å². The number of para-hydroxylation sites is 1. The summed E-state index contributed by atoms with van der Waals surface area (Å²) >= 11 is 0. The minimum Gasteiger partial charge on any atom is -0.457 e. The number of nitrogens with zero attached hydrogens (tertiary/aromatic N) is 3. The molecule has 2 saturated carbocycles. The Morgan fingerprint density at radius 1 is 1.02 bits per heavy atom. The second-order valence-electron chi connectivity index (χ2n) is 11.3. The van der Waals surface area contributed by atoms with E-state index in [4.69, 9.17) is 15.5 Å². The first-order valence-corrected chi connectivity index (χ1v) is 14.4. The molecule has 1 aliphatic heterocycles. The molecule has 8 heteroatoms. The highest BCUT2D eigenvalue weighted by molar-refractivity contribution is 7.59. The molecule has 41 heavy (non-hydrogen) atoms. The van der Waals surface area contributed by atoms with Crippen LogP contribution in [-0.4, -0.2) is 52.0 Å². The van der Waals surface area contributed by atoms with Gasteiger partial charge in [0.05, 0.1) is 11.8 Å². The van der Waals surface area contributed by atoms with Gasteiger partial charge >= 0.3 is 0 Å². The van der Waals surface area contributed by atoms with Gasteiger partial charge < -0.3 is 25.4 Å². The van der Waals surface area contributed by atoms with E-state index in [1.165, 1.54) is 19.3 Å². The van der Waals surface area contributed by atoms with Gasteiger partial charge in [-0.3, -0.25) is 4.79 Å². The highest BCUT2D eigenvalue weighted by Crippen LogP contribution is 2.37. The Morgan fingerprint density at radius 3 is 2.39 bits per heavy atom. The Kier molecular flexibility index (Phi) is 13.5. The fourth-order valence-corrected chi connectivity index (χ4v) is 6.48. The molecule has 0 aromatic heterocycles. The highest BCUT2D eigenvalue weighted by atomic mass is 32.1. The quantitative estimate of drug-likeness (QED) is 0.345. The van der Waals surface area contributed by atoms with Crippen molar-refractivity contribution in [1.82, 2.24) is 9.80 Å². The van der Waals surface area contributed by atoms with E-state index in [2.05, 4.69) is 11.0 Å². The lowest BCUT2D eigenvalue weighted by Gasteiger charge is -2.42. The molecule has 2 aromatic rings. The van der Waals surface area contributed by atoms with Crippen LogP contribution in [0.4, 0.5) is 5.69 Å². The van der Waals surface area contributed by atoms with E-state index >= 15 is 0 Å². The summed E-state index contributed by atoms with van der Waals surface area (Å²) in [4.78, 5) is 22.2. The van der Waals surface area contributed by atoms with Gasteiger partial charge in [0.15, 0.2) is 5.96 Å². The third-order valence-corrected chi connectivity index (χ3v) is 8.76. The number of rotatable bonds is 8. The number of carbonyl (C=O) groups is 1. The molecule has 5 rings (SSSR count). The van der Waals surface area contributed by atoms with Crippen LogP contribution in [0.15, 0.2) is 53.5 Å². The van der Waals surface area contributed by atoms with Crippen LogP contribution in [0, 0.1) is 5.92 Å². The number of benzene rings is 2. The van der Waals surface area contributed by atoms with Crippen LogP contribution in [0.2, 0.25) is 0 Å². The maximum absolute atomic E-state index is 13.3. The molecule has 3 aliphatic rings. The van der Waals surface area contributed by atoms with Crippen LogP contribution in [0.5, 0.6) is 11.5 Å². The van der Waals surface area contributed by atoms with E-state index in [-0.39, 0.29) is 46.4 Å². The van der Waals surface area contributed by atoms with E-state index < -0.39 is 0 Å². The summed E-state index contributed by atoms with van der Waals surface area (Å²) in [6.07, 6.45) is 10.4. The number of aliphatic imine (C=N–C) groups is 1. The number of hydrogen-bond acceptors (Lipinski definition) is 6. The van der Waals surface area contributed by atoms with Crippen molar-refractivity contribution in [2.75, 3.05) is 7.05 Å². The predicted molar refractivity (Wildman–Crippen MR) is 174 cm³/mol. The second kappa shape index (κ2) is 16.1. The molecule has 0 saturated heterocycles. The Bertz CT molecular complexity index is 1110. The van der Waals surface area contributed by atoms with Gasteiger partial charge in [-0.2, -0.15) is 13.5 Å². The fraction of sp³-hybridized carbons (Fsp3) is 0.576. The molecule has 0 radical (unpaired) electrons. The largest absolute Gasteiger partial charge is 0.457 e. The van der Waals surface area contributed by atoms with Crippen molar-refractivity contribution in [3.05, 3.63) is 54.1 Å². The molecule has 1 amide bonds. The van der Waals surface area contributed by atoms with E-state index in [1.54, 1.807) is 0 Å². The Labute approximate surface area is 254 Å². The van der Waals surface area contributed by atoms with Gasteiger partial charge in [0.1, 0.15) is 11.5 Å². The molecule has 2 aromatic carbocycles. The lowest BCUT2D eigenvalue weighted by molar-refractivity contribution is -0.133. The number of nitrogens with two attached hydrogens (primary N) is 1. The van der Waals surface area contributed by atoms with Crippen LogP contribution < -0.4 is 10.5 Å². The van der Waals surface area contributed by atoms with Crippen molar-refractivity contribution in [2.24, 2.45) is 16.6 Å². The summed E-state index contributed by atoms with van der Waals surface area (Å²) in [5.74, 6) is 2.67. The van der Waals surface area contributed by atoms with Gasteiger partial charge in [0, 0.05) is 37.7 Å². The summed E-state index contributed by atoms with van der Waals surface area (Å²) in [6.45, 7) is 0.632. The van der Waals surface area contributed by atoms with E-state index in [1.807, 2.05) is 54.4 Å². The summed E-state index contributed by atoms with van der Waals surface area (Å²) in [5.41, 5.74) is 8.51. The molecule has 0 spiro atoms. The molecule has 1 heterocycles. The molecule has 0 bridgehead atoms. The molecule has 3 N–H and O–H groups in total. The summed E-state index contributed by atoms with van der Waals surface area (Å²) in [6, 6.07) is 16.2. The Morgan fingerprint density at radius 2 is 1.71 bits per heavy atom. The standard InChI is InChI=1S/C31H42N4O3.2CH4.H2S/c1-34(24-8-4-2-5-9-24)30(37)19-18-29(22-12-14-25(36)15-13-22)35-21-23-20-27(16-17-28(23)33-31(35)32)38-26-10-6-3-7-11-26;;;/h3,6-7,10-11,16-17,20,22,24-25,29,36H,2,4-5,8-9,12-15,18-19,21H2,1H3,(H2,32,33);2*1H4;1H2/t22?,25?,29-;;;/m0.../s1. The molecule has 228 valence electrons. The van der Waals surface area contributed by atoms with Crippen molar-refractivity contribution in [3.8, 4) is 11.5 Å². The summed E-state index contributed by atoms with van der Waals surface area (Å²) < 4.78 is 6.08. The number of hydrogen-bond donors (Lipinski definition) is 2. The van der Waals surface area contributed by atoms with Gasteiger partial charge in [0.2, 0.25) is 5.91 Å².